The number of β-amino-alcohol motifs (C(OH)–C–C–N with tert-alkyl or cyclic N) is 1. The summed E-state index contributed by atoms with van der Waals surface area (Å²) in [6.45, 7) is 11.7. The molecule has 2 aromatic rings. The first kappa shape index (κ1) is 24.7. The Morgan fingerprint density at radius 3 is 2.60 bits per heavy atom. The zero-order valence-corrected chi connectivity index (χ0v) is 22.7. The summed E-state index contributed by atoms with van der Waals surface area (Å²) in [6.07, 6.45) is 8.34. The predicted octanol–water partition coefficient (Wildman–Crippen LogP) is 3.43. The third-order valence-electron chi connectivity index (χ3n) is 7.93. The highest BCUT2D eigenvalue weighted by Crippen LogP contribution is 2.39. The highest BCUT2D eigenvalue weighted by Gasteiger charge is 2.36. The number of anilines is 1. The van der Waals surface area contributed by atoms with E-state index in [0.717, 1.165) is 61.8 Å². The number of aliphatic hydroxyl groups excluding tert-OH is 1. The second kappa shape index (κ2) is 9.84. The van der Waals surface area contributed by atoms with Crippen LogP contribution in [0.4, 0.5) is 5.69 Å². The maximum Gasteiger partial charge on any atom is 0.258 e. The number of fused-ring (bicyclic) bond motifs is 3. The average molecular weight is 500 g/mol. The van der Waals surface area contributed by atoms with E-state index >= 15 is 0 Å². The highest BCUT2D eigenvalue weighted by molar-refractivity contribution is 6.76. The molecule has 192 valence electrons. The molecular weight excluding hydrogens is 458 g/mol. The van der Waals surface area contributed by atoms with Crippen LogP contribution in [0.3, 0.4) is 0 Å². The summed E-state index contributed by atoms with van der Waals surface area (Å²) in [4.78, 5) is 24.4. The molecule has 0 spiro atoms. The normalized spacial score (nSPS) is 24.2. The Morgan fingerprint density at radius 1 is 1.17 bits per heavy atom. The topological polar surface area (TPSA) is 74.1 Å². The van der Waals surface area contributed by atoms with Crippen molar-refractivity contribution in [1.29, 1.82) is 0 Å². The number of aliphatic hydroxyl groups is 1. The summed E-state index contributed by atoms with van der Waals surface area (Å²) in [7, 11) is 0.766. The molecule has 8 nitrogen and oxygen atoms in total. The minimum atomic E-state index is -1.12. The van der Waals surface area contributed by atoms with Crippen molar-refractivity contribution in [2.45, 2.75) is 70.2 Å². The zero-order chi connectivity index (χ0) is 24.7. The van der Waals surface area contributed by atoms with Gasteiger partial charge in [0.2, 0.25) is 0 Å². The van der Waals surface area contributed by atoms with Crippen molar-refractivity contribution >= 4 is 30.7 Å². The molecule has 1 N–H and O–H groups in total. The first-order chi connectivity index (χ1) is 16.7. The fraction of sp³-hybridized carbons (Fsp3) is 0.692. The summed E-state index contributed by atoms with van der Waals surface area (Å²) in [5, 5.41) is 10.6. The lowest BCUT2D eigenvalue weighted by Gasteiger charge is -2.45. The Kier molecular flexibility index (Phi) is 6.95. The highest BCUT2D eigenvalue weighted by atomic mass is 28.3. The van der Waals surface area contributed by atoms with Crippen LogP contribution in [-0.4, -0.2) is 90.5 Å². The Bertz CT molecular complexity index is 1050. The number of amides is 1. The van der Waals surface area contributed by atoms with E-state index in [-0.39, 0.29) is 12.0 Å². The quantitative estimate of drug-likeness (QED) is 0.443. The molecule has 1 saturated heterocycles. The number of ether oxygens (including phenoxy) is 1. The fourth-order valence-corrected chi connectivity index (χ4v) is 6.56. The van der Waals surface area contributed by atoms with Crippen LogP contribution in [0.5, 0.6) is 0 Å². The number of pyridine rings is 1. The van der Waals surface area contributed by atoms with E-state index in [1.807, 2.05) is 18.1 Å². The lowest BCUT2D eigenvalue weighted by atomic mass is 9.84. The smallest absolute Gasteiger partial charge is 0.258 e. The van der Waals surface area contributed by atoms with Crippen molar-refractivity contribution in [2.24, 2.45) is 5.92 Å². The van der Waals surface area contributed by atoms with E-state index in [4.69, 9.17) is 9.72 Å². The maximum atomic E-state index is 13.0. The van der Waals surface area contributed by atoms with E-state index in [0.29, 0.717) is 30.9 Å². The van der Waals surface area contributed by atoms with Crippen molar-refractivity contribution in [1.82, 2.24) is 19.4 Å². The molecule has 1 amide bonds. The fourth-order valence-electron chi connectivity index (χ4n) is 5.80. The van der Waals surface area contributed by atoms with Gasteiger partial charge in [0.05, 0.1) is 24.0 Å². The molecule has 0 unspecified atom stereocenters. The molecule has 0 bridgehead atoms. The first-order valence-corrected chi connectivity index (χ1v) is 16.9. The van der Waals surface area contributed by atoms with Gasteiger partial charge in [-0.1, -0.05) is 19.6 Å². The Labute approximate surface area is 209 Å². The number of hydrogen-bond donors (Lipinski definition) is 1. The van der Waals surface area contributed by atoms with Crippen LogP contribution in [0.25, 0.3) is 11.0 Å². The molecular formula is C26H41N5O3Si. The van der Waals surface area contributed by atoms with E-state index in [1.165, 1.54) is 12.8 Å². The van der Waals surface area contributed by atoms with Gasteiger partial charge in [-0.3, -0.25) is 9.69 Å². The summed E-state index contributed by atoms with van der Waals surface area (Å²) in [6, 6.07) is 3.67. The Hall–Kier alpha value is -1.94. The van der Waals surface area contributed by atoms with Crippen LogP contribution in [0.15, 0.2) is 18.5 Å². The molecule has 1 aliphatic carbocycles. The largest absolute Gasteiger partial charge is 0.390 e. The third kappa shape index (κ3) is 5.28. The molecule has 0 atom stereocenters. The van der Waals surface area contributed by atoms with Crippen LogP contribution < -0.4 is 4.90 Å². The first-order valence-electron chi connectivity index (χ1n) is 13.2. The summed E-state index contributed by atoms with van der Waals surface area (Å²) in [5.41, 5.74) is 2.65. The second-order valence-corrected chi connectivity index (χ2v) is 17.7. The van der Waals surface area contributed by atoms with Crippen LogP contribution in [-0.2, 0) is 11.5 Å². The summed E-state index contributed by atoms with van der Waals surface area (Å²) < 4.78 is 8.07. The number of likely N-dealkylation sites (tertiary alicyclic amines) is 1. The Morgan fingerprint density at radius 2 is 1.91 bits per heavy atom. The standard InChI is InChI=1S/C26H41N5O3Si/c1-28-17-31(20-7-5-19(6-8-20)14-29-15-21(32)16-29)24-22-9-10-30(18-34-11-12-35(2,3)4)25(22)27-13-23(24)26(28)33/h9-10,13,19-21,32H,5-8,11-12,14-18H2,1-4H3. The van der Waals surface area contributed by atoms with Crippen LogP contribution in [0.2, 0.25) is 25.7 Å². The monoisotopic (exact) mass is 499 g/mol. The number of carbonyl (C=O) groups is 1. The van der Waals surface area contributed by atoms with Crippen LogP contribution in [0.1, 0.15) is 36.0 Å². The summed E-state index contributed by atoms with van der Waals surface area (Å²) in [5.74, 6) is 0.754. The van der Waals surface area contributed by atoms with Crippen LogP contribution >= 0.6 is 0 Å². The molecule has 3 aliphatic rings. The van der Waals surface area contributed by atoms with Crippen molar-refractivity contribution in [3.8, 4) is 0 Å². The van der Waals surface area contributed by atoms with Gasteiger partial charge >= 0.3 is 0 Å². The van der Waals surface area contributed by atoms with Gasteiger partial charge in [0.25, 0.3) is 5.91 Å². The molecule has 2 fully saturated rings. The van der Waals surface area contributed by atoms with E-state index in [1.54, 1.807) is 6.20 Å². The molecule has 0 aromatic carbocycles. The number of nitrogens with zero attached hydrogens (tertiary/aromatic N) is 5. The zero-order valence-electron chi connectivity index (χ0n) is 21.7. The third-order valence-corrected chi connectivity index (χ3v) is 9.63. The number of carbonyl (C=O) groups excluding carboxylic acids is 1. The van der Waals surface area contributed by atoms with Gasteiger partial charge in [-0.15, -0.1) is 0 Å². The summed E-state index contributed by atoms with van der Waals surface area (Å²) >= 11 is 0. The van der Waals surface area contributed by atoms with Gasteiger partial charge in [0.1, 0.15) is 12.4 Å². The molecule has 9 heteroatoms. The van der Waals surface area contributed by atoms with Crippen molar-refractivity contribution in [3.05, 3.63) is 24.0 Å². The number of rotatable bonds is 8. The van der Waals surface area contributed by atoms with Gasteiger partial charge in [-0.05, 0) is 43.7 Å². The van der Waals surface area contributed by atoms with E-state index < -0.39 is 8.07 Å². The van der Waals surface area contributed by atoms with E-state index in [2.05, 4.69) is 40.1 Å². The molecule has 2 aromatic heterocycles. The van der Waals surface area contributed by atoms with Gasteiger partial charge in [0, 0.05) is 65.2 Å². The second-order valence-electron chi connectivity index (χ2n) is 12.1. The molecule has 35 heavy (non-hydrogen) atoms. The average Bonchev–Trinajstić information content (AvgIpc) is 3.21. The molecule has 2 aliphatic heterocycles. The lowest BCUT2D eigenvalue weighted by Crippen LogP contribution is -2.53. The van der Waals surface area contributed by atoms with Crippen molar-refractivity contribution in [2.75, 3.05) is 44.9 Å². The van der Waals surface area contributed by atoms with Gasteiger partial charge < -0.3 is 24.2 Å². The van der Waals surface area contributed by atoms with Crippen LogP contribution in [0, 0.1) is 5.92 Å². The Balaban J connectivity index is 1.32. The molecule has 4 heterocycles. The molecule has 5 rings (SSSR count). The number of aromatic nitrogens is 2. The van der Waals surface area contributed by atoms with Gasteiger partial charge in [-0.25, -0.2) is 4.98 Å². The maximum absolute atomic E-state index is 13.0. The minimum absolute atomic E-state index is 0.0508. The van der Waals surface area contributed by atoms with E-state index in [9.17, 15) is 9.90 Å². The predicted molar refractivity (Wildman–Crippen MR) is 141 cm³/mol. The lowest BCUT2D eigenvalue weighted by molar-refractivity contribution is -0.00999. The molecule has 1 saturated carbocycles. The number of hydrogen-bond acceptors (Lipinski definition) is 6. The van der Waals surface area contributed by atoms with Gasteiger partial charge in [0.15, 0.2) is 0 Å². The van der Waals surface area contributed by atoms with Crippen molar-refractivity contribution in [3.63, 3.8) is 0 Å². The SMILES string of the molecule is CN1CN(C2CCC(CN3CC(O)C3)CC2)c2c(cnc3c2ccn3COCC[Si](C)(C)C)C1=O. The molecule has 0 radical (unpaired) electrons. The minimum Gasteiger partial charge on any atom is -0.390 e. The van der Waals surface area contributed by atoms with Crippen molar-refractivity contribution < 1.29 is 14.6 Å². The van der Waals surface area contributed by atoms with Gasteiger partial charge in [-0.2, -0.15) is 0 Å².